The van der Waals surface area contributed by atoms with E-state index < -0.39 is 5.97 Å². The number of hydrogen-bond acceptors (Lipinski definition) is 6. The number of hydrogen-bond donors (Lipinski definition) is 1. The maximum Gasteiger partial charge on any atom is 0.341 e. The van der Waals surface area contributed by atoms with Gasteiger partial charge < -0.3 is 15.2 Å². The van der Waals surface area contributed by atoms with E-state index in [2.05, 4.69) is 4.98 Å². The Kier molecular flexibility index (Phi) is 3.49. The third-order valence-electron chi connectivity index (χ3n) is 2.93. The van der Waals surface area contributed by atoms with Gasteiger partial charge in [0.2, 0.25) is 0 Å². The molecule has 108 valence electrons. The van der Waals surface area contributed by atoms with Crippen LogP contribution in [0.15, 0.2) is 36.0 Å². The SMILES string of the molecule is COC(=O)c1cc(N)ccc1OCc1cn2ccsc2n1. The average molecular weight is 303 g/mol. The molecular formula is C14H13N3O3S. The number of anilines is 1. The number of nitrogen functional groups attached to an aromatic ring is 1. The maximum atomic E-state index is 11.7. The summed E-state index contributed by atoms with van der Waals surface area (Å²) in [7, 11) is 1.32. The summed E-state index contributed by atoms with van der Waals surface area (Å²) >= 11 is 1.55. The van der Waals surface area contributed by atoms with E-state index in [1.807, 2.05) is 22.2 Å². The van der Waals surface area contributed by atoms with Gasteiger partial charge in [0.25, 0.3) is 0 Å². The van der Waals surface area contributed by atoms with E-state index in [1.54, 1.807) is 23.5 Å². The highest BCUT2D eigenvalue weighted by Crippen LogP contribution is 2.23. The van der Waals surface area contributed by atoms with Gasteiger partial charge in [-0.1, -0.05) is 0 Å². The average Bonchev–Trinajstić information content (AvgIpc) is 3.06. The van der Waals surface area contributed by atoms with Crippen molar-refractivity contribution in [1.29, 1.82) is 0 Å². The van der Waals surface area contributed by atoms with E-state index in [0.717, 1.165) is 10.7 Å². The minimum absolute atomic E-state index is 0.266. The minimum atomic E-state index is -0.483. The second-order valence-corrected chi connectivity index (χ2v) is 5.23. The van der Waals surface area contributed by atoms with Crippen molar-refractivity contribution < 1.29 is 14.3 Å². The number of carbonyl (C=O) groups is 1. The number of benzene rings is 1. The smallest absolute Gasteiger partial charge is 0.341 e. The fourth-order valence-corrected chi connectivity index (χ4v) is 2.66. The molecule has 0 bridgehead atoms. The van der Waals surface area contributed by atoms with Crippen LogP contribution in [0.2, 0.25) is 0 Å². The predicted octanol–water partition coefficient (Wildman–Crippen LogP) is 2.34. The Hall–Kier alpha value is -2.54. The van der Waals surface area contributed by atoms with Gasteiger partial charge in [0.05, 0.1) is 12.8 Å². The molecule has 0 spiro atoms. The van der Waals surface area contributed by atoms with Crippen LogP contribution >= 0.6 is 11.3 Å². The molecule has 6 nitrogen and oxygen atoms in total. The molecule has 0 fully saturated rings. The number of nitrogens with two attached hydrogens (primary N) is 1. The summed E-state index contributed by atoms with van der Waals surface area (Å²) in [6.45, 7) is 0.266. The first kappa shape index (κ1) is 13.4. The molecular weight excluding hydrogens is 290 g/mol. The first-order chi connectivity index (χ1) is 10.2. The van der Waals surface area contributed by atoms with Crippen LogP contribution in [0.5, 0.6) is 5.75 Å². The third-order valence-corrected chi connectivity index (χ3v) is 3.70. The topological polar surface area (TPSA) is 78.8 Å². The largest absolute Gasteiger partial charge is 0.486 e. The Labute approximate surface area is 124 Å². The summed E-state index contributed by atoms with van der Waals surface area (Å²) < 4.78 is 12.3. The van der Waals surface area contributed by atoms with Crippen molar-refractivity contribution in [2.45, 2.75) is 6.61 Å². The molecule has 21 heavy (non-hydrogen) atoms. The summed E-state index contributed by atoms with van der Waals surface area (Å²) in [5, 5.41) is 1.96. The van der Waals surface area contributed by atoms with Gasteiger partial charge >= 0.3 is 5.97 Å². The van der Waals surface area contributed by atoms with E-state index in [9.17, 15) is 4.79 Å². The van der Waals surface area contributed by atoms with Crippen molar-refractivity contribution in [2.24, 2.45) is 0 Å². The van der Waals surface area contributed by atoms with Crippen LogP contribution in [-0.4, -0.2) is 22.5 Å². The number of esters is 1. The van der Waals surface area contributed by atoms with Crippen LogP contribution in [0.25, 0.3) is 4.96 Å². The Morgan fingerprint density at radius 3 is 3.10 bits per heavy atom. The zero-order chi connectivity index (χ0) is 14.8. The summed E-state index contributed by atoms with van der Waals surface area (Å²) in [4.78, 5) is 17.0. The van der Waals surface area contributed by atoms with Crippen molar-refractivity contribution in [2.75, 3.05) is 12.8 Å². The van der Waals surface area contributed by atoms with E-state index in [-0.39, 0.29) is 6.61 Å². The zero-order valence-corrected chi connectivity index (χ0v) is 12.1. The number of methoxy groups -OCH3 is 1. The molecule has 0 atom stereocenters. The first-order valence-electron chi connectivity index (χ1n) is 6.19. The van der Waals surface area contributed by atoms with Crippen molar-refractivity contribution in [1.82, 2.24) is 9.38 Å². The van der Waals surface area contributed by atoms with E-state index >= 15 is 0 Å². The van der Waals surface area contributed by atoms with Crippen molar-refractivity contribution in [3.8, 4) is 5.75 Å². The monoisotopic (exact) mass is 303 g/mol. The molecule has 1 aromatic carbocycles. The summed E-state index contributed by atoms with van der Waals surface area (Å²) in [6.07, 6.45) is 3.82. The quantitative estimate of drug-likeness (QED) is 0.591. The fourth-order valence-electron chi connectivity index (χ4n) is 1.94. The van der Waals surface area contributed by atoms with Crippen molar-refractivity contribution in [3.63, 3.8) is 0 Å². The van der Waals surface area contributed by atoms with Crippen molar-refractivity contribution in [3.05, 3.63) is 47.2 Å². The molecule has 3 aromatic rings. The highest BCUT2D eigenvalue weighted by atomic mass is 32.1. The molecule has 0 unspecified atom stereocenters. The molecule has 2 N–H and O–H groups in total. The van der Waals surface area contributed by atoms with E-state index in [1.165, 1.54) is 13.2 Å². The summed E-state index contributed by atoms with van der Waals surface area (Å²) in [5.74, 6) is -0.0597. The number of ether oxygens (including phenoxy) is 2. The lowest BCUT2D eigenvalue weighted by molar-refractivity contribution is 0.0595. The van der Waals surface area contributed by atoms with Crippen LogP contribution in [-0.2, 0) is 11.3 Å². The van der Waals surface area contributed by atoms with Gasteiger partial charge in [-0.05, 0) is 18.2 Å². The molecule has 0 saturated carbocycles. The molecule has 0 aliphatic carbocycles. The number of thiazole rings is 1. The Bertz CT molecular complexity index is 765. The van der Waals surface area contributed by atoms with Gasteiger partial charge in [-0.2, -0.15) is 0 Å². The number of nitrogens with zero attached hydrogens (tertiary/aromatic N) is 2. The second-order valence-electron chi connectivity index (χ2n) is 4.36. The fraction of sp³-hybridized carbons (Fsp3) is 0.143. The number of imidazole rings is 1. The number of rotatable bonds is 4. The number of fused-ring (bicyclic) bond motifs is 1. The first-order valence-corrected chi connectivity index (χ1v) is 7.07. The highest BCUT2D eigenvalue weighted by molar-refractivity contribution is 7.15. The lowest BCUT2D eigenvalue weighted by atomic mass is 10.2. The number of carbonyl (C=O) groups excluding carboxylic acids is 1. The van der Waals surface area contributed by atoms with Crippen LogP contribution in [0, 0.1) is 0 Å². The van der Waals surface area contributed by atoms with Gasteiger partial charge in [-0.15, -0.1) is 11.3 Å². The Balaban J connectivity index is 1.81. The molecule has 0 aliphatic rings. The van der Waals surface area contributed by atoms with Gasteiger partial charge in [0.15, 0.2) is 4.96 Å². The molecule has 0 aliphatic heterocycles. The molecule has 0 amide bonds. The lowest BCUT2D eigenvalue weighted by Gasteiger charge is -2.09. The zero-order valence-electron chi connectivity index (χ0n) is 11.3. The molecule has 0 saturated heterocycles. The second kappa shape index (κ2) is 5.45. The van der Waals surface area contributed by atoms with Gasteiger partial charge in [-0.3, -0.25) is 4.40 Å². The minimum Gasteiger partial charge on any atom is -0.486 e. The van der Waals surface area contributed by atoms with Crippen LogP contribution < -0.4 is 10.5 Å². The van der Waals surface area contributed by atoms with Crippen LogP contribution in [0.4, 0.5) is 5.69 Å². The molecule has 2 aromatic heterocycles. The normalized spacial score (nSPS) is 10.7. The van der Waals surface area contributed by atoms with Crippen LogP contribution in [0.3, 0.4) is 0 Å². The Morgan fingerprint density at radius 1 is 1.48 bits per heavy atom. The Morgan fingerprint density at radius 2 is 2.33 bits per heavy atom. The lowest BCUT2D eigenvalue weighted by Crippen LogP contribution is -2.07. The van der Waals surface area contributed by atoms with E-state index in [0.29, 0.717) is 17.0 Å². The number of aromatic nitrogens is 2. The molecule has 2 heterocycles. The third kappa shape index (κ3) is 2.68. The molecule has 3 rings (SSSR count). The van der Waals surface area contributed by atoms with Gasteiger partial charge in [0, 0.05) is 23.5 Å². The van der Waals surface area contributed by atoms with Crippen molar-refractivity contribution >= 4 is 28.0 Å². The maximum absolute atomic E-state index is 11.7. The molecule has 7 heteroatoms. The summed E-state index contributed by atoms with van der Waals surface area (Å²) in [6, 6.07) is 4.86. The predicted molar refractivity (Wildman–Crippen MR) is 79.6 cm³/mol. The standard InChI is InChI=1S/C14H13N3O3S/c1-19-13(18)11-6-9(15)2-3-12(11)20-8-10-7-17-4-5-21-14(17)16-10/h2-7H,8,15H2,1H3. The summed E-state index contributed by atoms with van der Waals surface area (Å²) in [5.41, 5.74) is 7.25. The van der Waals surface area contributed by atoms with E-state index in [4.69, 9.17) is 15.2 Å². The molecule has 0 radical (unpaired) electrons. The van der Waals surface area contributed by atoms with Gasteiger partial charge in [0.1, 0.15) is 17.9 Å². The highest BCUT2D eigenvalue weighted by Gasteiger charge is 2.14. The van der Waals surface area contributed by atoms with Crippen LogP contribution in [0.1, 0.15) is 16.1 Å². The van der Waals surface area contributed by atoms with Gasteiger partial charge in [-0.25, -0.2) is 9.78 Å².